The molecule has 0 unspecified atom stereocenters. The fraction of sp³-hybridized carbons (Fsp3) is 0.545. The molecule has 3 N–H and O–H groups in total. The van der Waals surface area contributed by atoms with Gasteiger partial charge >= 0.3 is 0 Å². The Labute approximate surface area is 122 Å². The smallest absolute Gasteiger partial charge is 0.240 e. The monoisotopic (exact) mass is 303 g/mol. The number of amides is 1. The standard InChI is InChI=1S/C11H18ClN5OS/c1-3-8(2)14-11(19)16-15-10(18)4-5-17-7-9(12)6-13-17/h6-8H,3-5H2,1-2H3,(H,15,18)(H2,14,16,19)/t8-/m0/s1. The van der Waals surface area contributed by atoms with Gasteiger partial charge in [0.05, 0.1) is 11.2 Å². The molecule has 0 aliphatic heterocycles. The highest BCUT2D eigenvalue weighted by atomic mass is 35.5. The van der Waals surface area contributed by atoms with Crippen LogP contribution < -0.4 is 16.2 Å². The lowest BCUT2D eigenvalue weighted by Gasteiger charge is -2.15. The van der Waals surface area contributed by atoms with E-state index in [4.69, 9.17) is 23.8 Å². The quantitative estimate of drug-likeness (QED) is 0.563. The molecule has 0 spiro atoms. The van der Waals surface area contributed by atoms with Gasteiger partial charge in [0.2, 0.25) is 5.91 Å². The molecule has 1 aromatic rings. The zero-order chi connectivity index (χ0) is 14.3. The number of hydrazine groups is 1. The van der Waals surface area contributed by atoms with Crippen LogP contribution in [0.25, 0.3) is 0 Å². The third-order valence-electron chi connectivity index (χ3n) is 2.48. The predicted molar refractivity (Wildman–Crippen MR) is 78.6 cm³/mol. The van der Waals surface area contributed by atoms with Crippen molar-refractivity contribution in [2.75, 3.05) is 0 Å². The van der Waals surface area contributed by atoms with Crippen molar-refractivity contribution < 1.29 is 4.79 Å². The number of aromatic nitrogens is 2. The van der Waals surface area contributed by atoms with Gasteiger partial charge in [-0.1, -0.05) is 18.5 Å². The number of hydrogen-bond acceptors (Lipinski definition) is 3. The molecule has 0 aliphatic carbocycles. The molecule has 0 fully saturated rings. The normalized spacial score (nSPS) is 11.7. The summed E-state index contributed by atoms with van der Waals surface area (Å²) < 4.78 is 1.61. The van der Waals surface area contributed by atoms with Crippen LogP contribution in [0, 0.1) is 0 Å². The molecule has 0 saturated carbocycles. The SMILES string of the molecule is CC[C@H](C)NC(=S)NNC(=O)CCn1cc(Cl)cn1. The Bertz CT molecular complexity index is 436. The van der Waals surface area contributed by atoms with Crippen LogP contribution in [0.2, 0.25) is 5.02 Å². The van der Waals surface area contributed by atoms with Gasteiger partial charge in [-0.3, -0.25) is 20.3 Å². The van der Waals surface area contributed by atoms with Crippen molar-refractivity contribution in [3.8, 4) is 0 Å². The predicted octanol–water partition coefficient (Wildman–Crippen LogP) is 1.22. The Morgan fingerprint density at radius 2 is 2.32 bits per heavy atom. The van der Waals surface area contributed by atoms with Gasteiger partial charge in [-0.15, -0.1) is 0 Å². The summed E-state index contributed by atoms with van der Waals surface area (Å²) >= 11 is 10.7. The Morgan fingerprint density at radius 1 is 1.58 bits per heavy atom. The van der Waals surface area contributed by atoms with E-state index < -0.39 is 0 Å². The van der Waals surface area contributed by atoms with E-state index in [1.54, 1.807) is 10.9 Å². The molecule has 0 bridgehead atoms. The molecule has 1 atom stereocenters. The van der Waals surface area contributed by atoms with Crippen molar-refractivity contribution in [3.63, 3.8) is 0 Å². The fourth-order valence-electron chi connectivity index (χ4n) is 1.23. The lowest BCUT2D eigenvalue weighted by atomic mass is 10.3. The Hall–Kier alpha value is -1.34. The summed E-state index contributed by atoms with van der Waals surface area (Å²) in [5.74, 6) is -0.167. The Morgan fingerprint density at radius 3 is 2.89 bits per heavy atom. The van der Waals surface area contributed by atoms with Crippen molar-refractivity contribution in [1.82, 2.24) is 25.9 Å². The molecule has 0 aromatic carbocycles. The minimum Gasteiger partial charge on any atom is -0.359 e. The van der Waals surface area contributed by atoms with Crippen molar-refractivity contribution >= 4 is 34.8 Å². The summed E-state index contributed by atoms with van der Waals surface area (Å²) in [6.45, 7) is 4.52. The first-order chi connectivity index (χ1) is 9.01. The van der Waals surface area contributed by atoms with Gasteiger partial charge in [-0.05, 0) is 25.6 Å². The Kier molecular flexibility index (Phi) is 6.58. The van der Waals surface area contributed by atoms with Crippen molar-refractivity contribution in [3.05, 3.63) is 17.4 Å². The number of rotatable bonds is 5. The van der Waals surface area contributed by atoms with E-state index in [2.05, 4.69) is 21.3 Å². The first-order valence-corrected chi connectivity index (χ1v) is 6.83. The van der Waals surface area contributed by atoms with E-state index in [-0.39, 0.29) is 18.4 Å². The lowest BCUT2D eigenvalue weighted by Crippen LogP contribution is -2.49. The van der Waals surface area contributed by atoms with Crippen LogP contribution in [0.15, 0.2) is 12.4 Å². The number of carbonyl (C=O) groups excluding carboxylic acids is 1. The number of carbonyl (C=O) groups is 1. The molecule has 1 heterocycles. The second-order valence-electron chi connectivity index (χ2n) is 4.13. The van der Waals surface area contributed by atoms with Gasteiger partial charge in [-0.25, -0.2) is 0 Å². The molecule has 1 amide bonds. The number of nitrogens with zero attached hydrogens (tertiary/aromatic N) is 2. The first-order valence-electron chi connectivity index (χ1n) is 6.04. The van der Waals surface area contributed by atoms with Crippen LogP contribution in [0.3, 0.4) is 0 Å². The third kappa shape index (κ3) is 6.40. The highest BCUT2D eigenvalue weighted by molar-refractivity contribution is 7.80. The number of aryl methyl sites for hydroxylation is 1. The van der Waals surface area contributed by atoms with E-state index in [0.717, 1.165) is 6.42 Å². The summed E-state index contributed by atoms with van der Waals surface area (Å²) in [6.07, 6.45) is 4.44. The van der Waals surface area contributed by atoms with Gasteiger partial charge in [0.1, 0.15) is 0 Å². The summed E-state index contributed by atoms with van der Waals surface area (Å²) in [6, 6.07) is 0.267. The average Bonchev–Trinajstić information content (AvgIpc) is 2.79. The molecule has 8 heteroatoms. The molecule has 106 valence electrons. The molecule has 0 saturated heterocycles. The minimum absolute atomic E-state index is 0.167. The van der Waals surface area contributed by atoms with Crippen LogP contribution in [0.4, 0.5) is 0 Å². The van der Waals surface area contributed by atoms with Gasteiger partial charge in [-0.2, -0.15) is 5.10 Å². The maximum atomic E-state index is 11.5. The maximum Gasteiger partial charge on any atom is 0.240 e. The van der Waals surface area contributed by atoms with E-state index in [1.165, 1.54) is 6.20 Å². The fourth-order valence-corrected chi connectivity index (χ4v) is 1.64. The Balaban J connectivity index is 2.19. The zero-order valence-electron chi connectivity index (χ0n) is 10.9. The molecule has 19 heavy (non-hydrogen) atoms. The largest absolute Gasteiger partial charge is 0.359 e. The van der Waals surface area contributed by atoms with Crippen LogP contribution in [0.1, 0.15) is 26.7 Å². The van der Waals surface area contributed by atoms with Crippen molar-refractivity contribution in [1.29, 1.82) is 0 Å². The number of thiocarbonyl (C=S) groups is 1. The molecule has 6 nitrogen and oxygen atoms in total. The molecule has 1 aromatic heterocycles. The highest BCUT2D eigenvalue weighted by Crippen LogP contribution is 2.04. The number of nitrogens with one attached hydrogen (secondary N) is 3. The van der Waals surface area contributed by atoms with E-state index in [1.807, 2.05) is 13.8 Å². The van der Waals surface area contributed by atoms with Crippen molar-refractivity contribution in [2.24, 2.45) is 0 Å². The van der Waals surface area contributed by atoms with Crippen LogP contribution in [-0.2, 0) is 11.3 Å². The van der Waals surface area contributed by atoms with Crippen LogP contribution in [0.5, 0.6) is 0 Å². The van der Waals surface area contributed by atoms with Gasteiger partial charge in [0.25, 0.3) is 0 Å². The summed E-state index contributed by atoms with van der Waals surface area (Å²) in [7, 11) is 0. The van der Waals surface area contributed by atoms with Crippen LogP contribution >= 0.6 is 23.8 Å². The van der Waals surface area contributed by atoms with Crippen molar-refractivity contribution in [2.45, 2.75) is 39.3 Å². The second-order valence-corrected chi connectivity index (χ2v) is 4.97. The molecular weight excluding hydrogens is 286 g/mol. The second kappa shape index (κ2) is 7.96. The summed E-state index contributed by atoms with van der Waals surface area (Å²) in [5, 5.41) is 7.97. The molecular formula is C11H18ClN5OS. The van der Waals surface area contributed by atoms with Gasteiger partial charge in [0, 0.05) is 25.2 Å². The number of hydrogen-bond donors (Lipinski definition) is 3. The van der Waals surface area contributed by atoms with E-state index in [9.17, 15) is 4.79 Å². The zero-order valence-corrected chi connectivity index (χ0v) is 12.5. The molecule has 1 rings (SSSR count). The molecule has 0 aliphatic rings. The van der Waals surface area contributed by atoms with E-state index >= 15 is 0 Å². The summed E-state index contributed by atoms with van der Waals surface area (Å²) in [4.78, 5) is 11.5. The number of halogens is 1. The molecule has 0 radical (unpaired) electrons. The van der Waals surface area contributed by atoms with Gasteiger partial charge in [0.15, 0.2) is 5.11 Å². The maximum absolute atomic E-state index is 11.5. The van der Waals surface area contributed by atoms with Crippen LogP contribution in [-0.4, -0.2) is 26.8 Å². The lowest BCUT2D eigenvalue weighted by molar-refractivity contribution is -0.121. The topological polar surface area (TPSA) is 71.0 Å². The average molecular weight is 304 g/mol. The third-order valence-corrected chi connectivity index (χ3v) is 2.89. The first kappa shape index (κ1) is 15.7. The minimum atomic E-state index is -0.167. The summed E-state index contributed by atoms with van der Waals surface area (Å²) in [5.41, 5.74) is 5.18. The van der Waals surface area contributed by atoms with Gasteiger partial charge < -0.3 is 5.32 Å². The highest BCUT2D eigenvalue weighted by Gasteiger charge is 2.05. The van der Waals surface area contributed by atoms with E-state index in [0.29, 0.717) is 16.7 Å².